The van der Waals surface area contributed by atoms with Gasteiger partial charge in [-0.2, -0.15) is 0 Å². The average molecular weight is 859 g/mol. The van der Waals surface area contributed by atoms with Crippen LogP contribution in [0.3, 0.4) is 0 Å². The minimum atomic E-state index is -0.605. The van der Waals surface area contributed by atoms with Crippen molar-refractivity contribution in [2.45, 2.75) is 219 Å². The van der Waals surface area contributed by atoms with Crippen molar-refractivity contribution in [3.8, 4) is 0 Å². The highest BCUT2D eigenvalue weighted by atomic mass is 16.6. The molecule has 0 saturated carbocycles. The fourth-order valence-electron chi connectivity index (χ4n) is 6.63. The van der Waals surface area contributed by atoms with E-state index in [-0.39, 0.29) is 31.6 Å². The molecule has 1 atom stereocenters. The number of carbonyl (C=O) groups is 2. The van der Waals surface area contributed by atoms with Crippen molar-refractivity contribution in [2.75, 3.05) is 19.8 Å². The minimum absolute atomic E-state index is 0.0286. The molecule has 1 unspecified atom stereocenters. The molecule has 0 saturated heterocycles. The van der Waals surface area contributed by atoms with Gasteiger partial charge in [-0.1, -0.05) is 226 Å². The normalized spacial score (nSPS) is 13.1. The van der Waals surface area contributed by atoms with Crippen molar-refractivity contribution >= 4 is 11.9 Å². The first kappa shape index (κ1) is 58.6. The van der Waals surface area contributed by atoms with Crippen LogP contribution in [0.2, 0.25) is 0 Å². The van der Waals surface area contributed by atoms with Crippen LogP contribution in [0.4, 0.5) is 0 Å². The summed E-state index contributed by atoms with van der Waals surface area (Å²) in [5, 5.41) is 0. The lowest BCUT2D eigenvalue weighted by atomic mass is 10.0. The maximum atomic E-state index is 12.7. The Morgan fingerprint density at radius 3 is 1.24 bits per heavy atom. The number of rotatable bonds is 45. The van der Waals surface area contributed by atoms with Crippen LogP contribution < -0.4 is 0 Å². The van der Waals surface area contributed by atoms with E-state index in [1.165, 1.54) is 77.0 Å². The minimum Gasteiger partial charge on any atom is -0.462 e. The van der Waals surface area contributed by atoms with Gasteiger partial charge in [-0.05, 0) is 83.5 Å². The van der Waals surface area contributed by atoms with Gasteiger partial charge in [-0.3, -0.25) is 9.59 Å². The molecule has 0 fully saturated rings. The first-order valence-electron chi connectivity index (χ1n) is 25.4. The summed E-state index contributed by atoms with van der Waals surface area (Å²) in [5.74, 6) is -0.574. The van der Waals surface area contributed by atoms with Gasteiger partial charge in [0.25, 0.3) is 0 Å². The standard InChI is InChI=1S/C57H94O5/c1-4-7-10-13-16-19-22-25-28-29-31-32-35-38-41-44-47-50-56(58)61-54-55(53-60-52-49-46-43-40-37-34-27-24-21-18-15-12-9-6-3)62-57(59)51-48-45-42-39-36-33-30-26-23-20-17-14-11-8-5-2/h7-8,10-11,16-17,19-20,25-26,28,30-32,36,39,45,48,55H,4-6,9,12-15,18,21-24,27,29,33-35,37-38,40-44,46-47,49-54H2,1-3H3/b10-7-,11-8-,19-16-,20-17-,28-25-,30-26-,32-31-,39-36-,48-45-. The molecular formula is C57H94O5. The lowest BCUT2D eigenvalue weighted by Crippen LogP contribution is -2.29. The monoisotopic (exact) mass is 859 g/mol. The van der Waals surface area contributed by atoms with Gasteiger partial charge >= 0.3 is 11.9 Å². The Bertz CT molecular complexity index is 1250. The van der Waals surface area contributed by atoms with Gasteiger partial charge in [-0.15, -0.1) is 0 Å². The Balaban J connectivity index is 4.44. The van der Waals surface area contributed by atoms with Gasteiger partial charge < -0.3 is 14.2 Å². The topological polar surface area (TPSA) is 61.8 Å². The molecule has 5 nitrogen and oxygen atoms in total. The summed E-state index contributed by atoms with van der Waals surface area (Å²) < 4.78 is 17.3. The van der Waals surface area contributed by atoms with Crippen LogP contribution in [-0.2, 0) is 23.8 Å². The molecule has 0 amide bonds. The lowest BCUT2D eigenvalue weighted by Gasteiger charge is -2.18. The van der Waals surface area contributed by atoms with Crippen LogP contribution in [0.5, 0.6) is 0 Å². The second kappa shape index (κ2) is 51.9. The van der Waals surface area contributed by atoms with Gasteiger partial charge in [0.2, 0.25) is 0 Å². The van der Waals surface area contributed by atoms with E-state index in [1.54, 1.807) is 0 Å². The highest BCUT2D eigenvalue weighted by molar-refractivity contribution is 5.71. The second-order valence-corrected chi connectivity index (χ2v) is 16.3. The van der Waals surface area contributed by atoms with Crippen LogP contribution in [0.25, 0.3) is 0 Å². The molecule has 0 radical (unpaired) electrons. The van der Waals surface area contributed by atoms with Crippen molar-refractivity contribution in [2.24, 2.45) is 0 Å². The van der Waals surface area contributed by atoms with Gasteiger partial charge in [0, 0.05) is 13.0 Å². The number of hydrogen-bond acceptors (Lipinski definition) is 5. The van der Waals surface area contributed by atoms with Crippen molar-refractivity contribution in [1.82, 2.24) is 0 Å². The molecule has 0 aliphatic rings. The van der Waals surface area contributed by atoms with Gasteiger partial charge in [0.1, 0.15) is 6.61 Å². The molecule has 0 rings (SSSR count). The van der Waals surface area contributed by atoms with Crippen molar-refractivity contribution < 1.29 is 23.8 Å². The Hall–Kier alpha value is -3.44. The Kier molecular flexibility index (Phi) is 49.0. The zero-order valence-corrected chi connectivity index (χ0v) is 40.3. The van der Waals surface area contributed by atoms with Crippen LogP contribution >= 0.6 is 0 Å². The molecule has 62 heavy (non-hydrogen) atoms. The first-order valence-corrected chi connectivity index (χ1v) is 25.4. The third-order valence-corrected chi connectivity index (χ3v) is 10.3. The molecule has 5 heteroatoms. The smallest absolute Gasteiger partial charge is 0.310 e. The Morgan fingerprint density at radius 1 is 0.387 bits per heavy atom. The largest absolute Gasteiger partial charge is 0.462 e. The molecule has 0 aromatic carbocycles. The van der Waals surface area contributed by atoms with Crippen molar-refractivity contribution in [1.29, 1.82) is 0 Å². The van der Waals surface area contributed by atoms with E-state index in [2.05, 4.69) is 118 Å². The van der Waals surface area contributed by atoms with Crippen LogP contribution in [0, 0.1) is 0 Å². The van der Waals surface area contributed by atoms with E-state index in [9.17, 15) is 9.59 Å². The molecule has 0 aromatic rings. The third-order valence-electron chi connectivity index (χ3n) is 10.3. The quantitative estimate of drug-likeness (QED) is 0.0347. The van der Waals surface area contributed by atoms with Crippen LogP contribution in [-0.4, -0.2) is 37.9 Å². The van der Waals surface area contributed by atoms with Crippen LogP contribution in [0.1, 0.15) is 213 Å². The fraction of sp³-hybridized carbons (Fsp3) is 0.649. The predicted octanol–water partition coefficient (Wildman–Crippen LogP) is 17.2. The summed E-state index contributed by atoms with van der Waals surface area (Å²) in [6.45, 7) is 7.47. The SMILES string of the molecule is CC/C=C\C/C=C\C/C=C\C/C=C\C/C=C\CC(=O)OC(COCCCCCCCCCCCCCCCC)COC(=O)CCCCCC/C=C\C/C=C\C/C=C\C/C=C\CC. The fourth-order valence-corrected chi connectivity index (χ4v) is 6.63. The zero-order valence-electron chi connectivity index (χ0n) is 40.3. The van der Waals surface area contributed by atoms with Gasteiger partial charge in [-0.25, -0.2) is 0 Å². The highest BCUT2D eigenvalue weighted by Gasteiger charge is 2.17. The number of hydrogen-bond donors (Lipinski definition) is 0. The number of carbonyl (C=O) groups excluding carboxylic acids is 2. The zero-order chi connectivity index (χ0) is 44.9. The molecule has 0 aromatic heterocycles. The molecule has 0 N–H and O–H groups in total. The first-order chi connectivity index (χ1) is 30.6. The van der Waals surface area contributed by atoms with Gasteiger partial charge in [0.05, 0.1) is 13.0 Å². The van der Waals surface area contributed by atoms with Crippen molar-refractivity contribution in [3.63, 3.8) is 0 Å². The average Bonchev–Trinajstić information content (AvgIpc) is 3.27. The maximum Gasteiger partial charge on any atom is 0.310 e. The summed E-state index contributed by atoms with van der Waals surface area (Å²) in [4.78, 5) is 25.3. The second-order valence-electron chi connectivity index (χ2n) is 16.3. The number of unbranched alkanes of at least 4 members (excludes halogenated alkanes) is 17. The van der Waals surface area contributed by atoms with Gasteiger partial charge in [0.15, 0.2) is 6.10 Å². The van der Waals surface area contributed by atoms with E-state index in [1.807, 2.05) is 12.2 Å². The number of allylic oxidation sites excluding steroid dienone is 17. The van der Waals surface area contributed by atoms with E-state index in [4.69, 9.17) is 14.2 Å². The molecular weight excluding hydrogens is 765 g/mol. The van der Waals surface area contributed by atoms with E-state index in [0.717, 1.165) is 103 Å². The lowest BCUT2D eigenvalue weighted by molar-refractivity contribution is -0.162. The molecule has 0 aliphatic heterocycles. The highest BCUT2D eigenvalue weighted by Crippen LogP contribution is 2.14. The third kappa shape index (κ3) is 49.2. The number of ether oxygens (including phenoxy) is 3. The summed E-state index contributed by atoms with van der Waals surface area (Å²) in [7, 11) is 0. The molecule has 0 heterocycles. The maximum absolute atomic E-state index is 12.7. The van der Waals surface area contributed by atoms with E-state index >= 15 is 0 Å². The predicted molar refractivity (Wildman–Crippen MR) is 269 cm³/mol. The molecule has 0 spiro atoms. The summed E-state index contributed by atoms with van der Waals surface area (Å²) in [5.41, 5.74) is 0. The summed E-state index contributed by atoms with van der Waals surface area (Å²) in [6.07, 6.45) is 71.2. The summed E-state index contributed by atoms with van der Waals surface area (Å²) >= 11 is 0. The van der Waals surface area contributed by atoms with Crippen molar-refractivity contribution in [3.05, 3.63) is 109 Å². The molecule has 0 bridgehead atoms. The number of esters is 2. The Labute approximate surface area is 383 Å². The van der Waals surface area contributed by atoms with Crippen LogP contribution in [0.15, 0.2) is 109 Å². The Morgan fingerprint density at radius 2 is 0.774 bits per heavy atom. The summed E-state index contributed by atoms with van der Waals surface area (Å²) in [6, 6.07) is 0. The molecule has 0 aliphatic carbocycles. The molecule has 352 valence electrons. The van der Waals surface area contributed by atoms with E-state index < -0.39 is 6.10 Å². The van der Waals surface area contributed by atoms with E-state index in [0.29, 0.717) is 13.0 Å².